The van der Waals surface area contributed by atoms with Crippen LogP contribution in [0.5, 0.6) is 0 Å². The van der Waals surface area contributed by atoms with E-state index in [2.05, 4.69) is 13.2 Å². The summed E-state index contributed by atoms with van der Waals surface area (Å²) < 4.78 is 0. The topological polar surface area (TPSA) is 3.24 Å². The van der Waals surface area contributed by atoms with Gasteiger partial charge in [0, 0.05) is 19.8 Å². The fraction of sp³-hybridized carbons (Fsp3) is 0.250. The summed E-state index contributed by atoms with van der Waals surface area (Å²) in [5, 5.41) is 0.625. The largest absolute Gasteiger partial charge is 0.377 e. The van der Waals surface area contributed by atoms with Gasteiger partial charge in [0.15, 0.2) is 0 Å². The van der Waals surface area contributed by atoms with Crippen LogP contribution in [0, 0.1) is 0 Å². The maximum Gasteiger partial charge on any atom is 0.0633 e. The third kappa shape index (κ3) is 2.74. The number of hydrogen-bond acceptors (Lipinski definition) is 1. The van der Waals surface area contributed by atoms with E-state index in [0.29, 0.717) is 5.03 Å². The minimum atomic E-state index is 0.625. The summed E-state index contributed by atoms with van der Waals surface area (Å²) >= 11 is 5.78. The Morgan fingerprint density at radius 3 is 2.30 bits per heavy atom. The highest BCUT2D eigenvalue weighted by Crippen LogP contribution is 2.13. The lowest BCUT2D eigenvalue weighted by atomic mass is 10.4. The lowest BCUT2D eigenvalue weighted by Gasteiger charge is -2.13. The summed E-state index contributed by atoms with van der Waals surface area (Å²) in [7, 11) is 3.78. The fourth-order valence-corrected chi connectivity index (χ4v) is 0.671. The molecule has 0 atom stereocenters. The van der Waals surface area contributed by atoms with Gasteiger partial charge < -0.3 is 4.90 Å². The van der Waals surface area contributed by atoms with Crippen LogP contribution in [-0.2, 0) is 0 Å². The summed E-state index contributed by atoms with van der Waals surface area (Å²) in [6.07, 6.45) is 3.35. The summed E-state index contributed by atoms with van der Waals surface area (Å²) in [5.41, 5.74) is 0.793. The molecule has 10 heavy (non-hydrogen) atoms. The molecule has 0 bridgehead atoms. The average molecular weight is 158 g/mol. The number of hydrogen-bond donors (Lipinski definition) is 0. The van der Waals surface area contributed by atoms with Crippen molar-refractivity contribution in [3.05, 3.63) is 36.0 Å². The monoisotopic (exact) mass is 157 g/mol. The molecule has 0 aliphatic heterocycles. The van der Waals surface area contributed by atoms with E-state index in [9.17, 15) is 0 Å². The molecule has 1 nitrogen and oxygen atoms in total. The maximum absolute atomic E-state index is 5.78. The zero-order valence-corrected chi connectivity index (χ0v) is 7.15. The van der Waals surface area contributed by atoms with Gasteiger partial charge in [0.05, 0.1) is 5.03 Å². The zero-order valence-electron chi connectivity index (χ0n) is 6.39. The molecule has 56 valence electrons. The van der Waals surface area contributed by atoms with Crippen LogP contribution in [0.25, 0.3) is 0 Å². The first-order chi connectivity index (χ1) is 4.59. The van der Waals surface area contributed by atoms with Crippen molar-refractivity contribution in [2.45, 2.75) is 0 Å². The van der Waals surface area contributed by atoms with Gasteiger partial charge in [0.2, 0.25) is 0 Å². The van der Waals surface area contributed by atoms with Gasteiger partial charge in [-0.3, -0.25) is 0 Å². The zero-order chi connectivity index (χ0) is 8.15. The smallest absolute Gasteiger partial charge is 0.0633 e. The number of allylic oxidation sites excluding steroid dienone is 3. The molecule has 2 heteroatoms. The Hall–Kier alpha value is -0.690. The molecule has 0 saturated carbocycles. The van der Waals surface area contributed by atoms with Gasteiger partial charge in [-0.05, 0) is 6.08 Å². The highest BCUT2D eigenvalue weighted by molar-refractivity contribution is 6.31. The van der Waals surface area contributed by atoms with Crippen molar-refractivity contribution in [3.63, 3.8) is 0 Å². The predicted octanol–water partition coefficient (Wildman–Crippen LogP) is 2.37. The number of nitrogens with zero attached hydrogens (tertiary/aromatic N) is 1. The van der Waals surface area contributed by atoms with Gasteiger partial charge in [0.1, 0.15) is 0 Å². The second kappa shape index (κ2) is 4.18. The Morgan fingerprint density at radius 2 is 2.00 bits per heavy atom. The minimum absolute atomic E-state index is 0.625. The third-order valence-corrected chi connectivity index (χ3v) is 1.42. The van der Waals surface area contributed by atoms with Crippen LogP contribution < -0.4 is 0 Å². The first kappa shape index (κ1) is 9.31. The molecule has 0 N–H and O–H groups in total. The molecule has 0 aromatic heterocycles. The van der Waals surface area contributed by atoms with Crippen molar-refractivity contribution in [2.75, 3.05) is 14.1 Å². The summed E-state index contributed by atoms with van der Waals surface area (Å²) in [5.74, 6) is 0. The predicted molar refractivity (Wildman–Crippen MR) is 47.0 cm³/mol. The second-order valence-electron chi connectivity index (χ2n) is 2.09. The lowest BCUT2D eigenvalue weighted by Crippen LogP contribution is -2.09. The molecule has 0 aromatic rings. The Bertz CT molecular complexity index is 168. The summed E-state index contributed by atoms with van der Waals surface area (Å²) in [4.78, 5) is 1.85. The van der Waals surface area contributed by atoms with Crippen molar-refractivity contribution >= 4 is 11.6 Å². The van der Waals surface area contributed by atoms with Gasteiger partial charge in [-0.15, -0.1) is 0 Å². The Labute approximate surface area is 67.3 Å². The van der Waals surface area contributed by atoms with Gasteiger partial charge in [0.25, 0.3) is 0 Å². The Kier molecular flexibility index (Phi) is 3.89. The van der Waals surface area contributed by atoms with Gasteiger partial charge in [-0.1, -0.05) is 30.8 Å². The van der Waals surface area contributed by atoms with Crippen LogP contribution in [-0.4, -0.2) is 19.0 Å². The highest BCUT2D eigenvalue weighted by atomic mass is 35.5. The van der Waals surface area contributed by atoms with E-state index in [1.165, 1.54) is 0 Å². The lowest BCUT2D eigenvalue weighted by molar-refractivity contribution is 0.530. The van der Waals surface area contributed by atoms with Gasteiger partial charge in [-0.25, -0.2) is 0 Å². The molecular weight excluding hydrogens is 146 g/mol. The molecular formula is C8H12ClN. The van der Waals surface area contributed by atoms with Gasteiger partial charge in [-0.2, -0.15) is 0 Å². The molecule has 0 fully saturated rings. The van der Waals surface area contributed by atoms with Crippen LogP contribution in [0.15, 0.2) is 36.0 Å². The normalized spacial score (nSPS) is 10.9. The molecule has 0 aliphatic carbocycles. The van der Waals surface area contributed by atoms with Crippen molar-refractivity contribution in [2.24, 2.45) is 0 Å². The van der Waals surface area contributed by atoms with Crippen molar-refractivity contribution < 1.29 is 0 Å². The molecule has 0 aliphatic rings. The van der Waals surface area contributed by atoms with Crippen LogP contribution in [0.1, 0.15) is 0 Å². The Balaban J connectivity index is 4.21. The second-order valence-corrected chi connectivity index (χ2v) is 2.50. The molecule has 0 heterocycles. The first-order valence-corrected chi connectivity index (χ1v) is 3.32. The number of rotatable bonds is 3. The SMILES string of the molecule is C=C/C=C(/Cl)C(=C)N(C)C. The van der Waals surface area contributed by atoms with E-state index in [-0.39, 0.29) is 0 Å². The molecule has 0 spiro atoms. The Morgan fingerprint density at radius 1 is 1.50 bits per heavy atom. The van der Waals surface area contributed by atoms with Crippen molar-refractivity contribution in [1.29, 1.82) is 0 Å². The van der Waals surface area contributed by atoms with Crippen LogP contribution in [0.4, 0.5) is 0 Å². The number of likely N-dealkylation sites (N-methyl/N-ethyl adjacent to an activating group) is 1. The van der Waals surface area contributed by atoms with Gasteiger partial charge >= 0.3 is 0 Å². The molecule has 0 radical (unpaired) electrons. The molecule has 0 amide bonds. The highest BCUT2D eigenvalue weighted by Gasteiger charge is 1.98. The molecule has 0 aromatic carbocycles. The molecule has 0 saturated heterocycles. The van der Waals surface area contributed by atoms with E-state index < -0.39 is 0 Å². The average Bonchev–Trinajstić information content (AvgIpc) is 1.87. The van der Waals surface area contributed by atoms with E-state index >= 15 is 0 Å². The van der Waals surface area contributed by atoms with Crippen LogP contribution >= 0.6 is 11.6 Å². The van der Waals surface area contributed by atoms with E-state index in [4.69, 9.17) is 11.6 Å². The molecule has 0 unspecified atom stereocenters. The summed E-state index contributed by atoms with van der Waals surface area (Å²) in [6, 6.07) is 0. The summed E-state index contributed by atoms with van der Waals surface area (Å²) in [6.45, 7) is 7.27. The van der Waals surface area contributed by atoms with Crippen LogP contribution in [0.2, 0.25) is 0 Å². The first-order valence-electron chi connectivity index (χ1n) is 2.94. The van der Waals surface area contributed by atoms with E-state index in [1.807, 2.05) is 19.0 Å². The van der Waals surface area contributed by atoms with Crippen LogP contribution in [0.3, 0.4) is 0 Å². The maximum atomic E-state index is 5.78. The third-order valence-electron chi connectivity index (χ3n) is 1.08. The van der Waals surface area contributed by atoms with Crippen molar-refractivity contribution in [3.8, 4) is 0 Å². The quantitative estimate of drug-likeness (QED) is 0.569. The van der Waals surface area contributed by atoms with Crippen molar-refractivity contribution in [1.82, 2.24) is 4.90 Å². The standard InChI is InChI=1S/C8H12ClN/c1-5-6-8(9)7(2)10(3)4/h5-6H,1-2H2,3-4H3/b8-6+. The minimum Gasteiger partial charge on any atom is -0.377 e. The molecule has 0 rings (SSSR count). The number of halogens is 1. The van der Waals surface area contributed by atoms with E-state index in [0.717, 1.165) is 5.70 Å². The van der Waals surface area contributed by atoms with E-state index in [1.54, 1.807) is 12.2 Å². The fourth-order valence-electron chi connectivity index (χ4n) is 0.413.